The first-order valence-corrected chi connectivity index (χ1v) is 7.36. The molecule has 1 amide bonds. The normalized spacial score (nSPS) is 22.3. The molecule has 1 saturated carbocycles. The van der Waals surface area contributed by atoms with Crippen LogP contribution in [0.2, 0.25) is 0 Å². The predicted octanol–water partition coefficient (Wildman–Crippen LogP) is 2.60. The van der Waals surface area contributed by atoms with E-state index in [4.69, 9.17) is 10.8 Å². The fourth-order valence-electron chi connectivity index (χ4n) is 2.48. The quantitative estimate of drug-likeness (QED) is 0.788. The number of benzene rings is 1. The van der Waals surface area contributed by atoms with Gasteiger partial charge in [0.25, 0.3) is 0 Å². The van der Waals surface area contributed by atoms with Crippen molar-refractivity contribution in [1.82, 2.24) is 0 Å². The molecule has 20 heavy (non-hydrogen) atoms. The Balaban J connectivity index is 2.07. The first-order chi connectivity index (χ1) is 9.47. The first-order valence-electron chi connectivity index (χ1n) is 6.56. The Morgan fingerprint density at radius 3 is 2.75 bits per heavy atom. The van der Waals surface area contributed by atoms with Gasteiger partial charge in [0, 0.05) is 22.1 Å². The Morgan fingerprint density at radius 1 is 1.35 bits per heavy atom. The van der Waals surface area contributed by atoms with E-state index in [1.165, 1.54) is 6.07 Å². The van der Waals surface area contributed by atoms with Gasteiger partial charge in [0.05, 0.1) is 5.56 Å². The number of carbonyl (C=O) groups is 2. The van der Waals surface area contributed by atoms with Crippen molar-refractivity contribution in [2.45, 2.75) is 31.7 Å². The van der Waals surface area contributed by atoms with Crippen molar-refractivity contribution in [2.24, 2.45) is 11.7 Å². The number of carboxylic acids is 1. The summed E-state index contributed by atoms with van der Waals surface area (Å²) in [5, 5.41) is 11.8. The molecule has 108 valence electrons. The molecule has 1 aromatic rings. The molecule has 0 bridgehead atoms. The summed E-state index contributed by atoms with van der Waals surface area (Å²) in [4.78, 5) is 23.2. The highest BCUT2D eigenvalue weighted by atomic mass is 79.9. The van der Waals surface area contributed by atoms with Crippen LogP contribution in [0.3, 0.4) is 0 Å². The average Bonchev–Trinajstić information content (AvgIpc) is 2.40. The molecule has 2 rings (SSSR count). The SMILES string of the molecule is NC1CCCC(C(=O)Nc2ccc(Br)c(C(=O)O)c2)C1. The van der Waals surface area contributed by atoms with E-state index in [2.05, 4.69) is 21.2 Å². The fraction of sp³-hybridized carbons (Fsp3) is 0.429. The predicted molar refractivity (Wildman–Crippen MR) is 79.7 cm³/mol. The number of aromatic carboxylic acids is 1. The van der Waals surface area contributed by atoms with Crippen LogP contribution in [0.15, 0.2) is 22.7 Å². The van der Waals surface area contributed by atoms with Crippen LogP contribution in [0.1, 0.15) is 36.0 Å². The second kappa shape index (κ2) is 6.37. The third-order valence-electron chi connectivity index (χ3n) is 3.55. The number of carboxylic acid groups (broad SMARTS) is 1. The van der Waals surface area contributed by atoms with Crippen molar-refractivity contribution >= 4 is 33.5 Å². The molecular formula is C14H17BrN2O3. The highest BCUT2D eigenvalue weighted by molar-refractivity contribution is 9.10. The Labute approximate surface area is 125 Å². The van der Waals surface area contributed by atoms with Gasteiger partial charge in [-0.25, -0.2) is 4.79 Å². The van der Waals surface area contributed by atoms with Crippen LogP contribution < -0.4 is 11.1 Å². The standard InChI is InChI=1S/C14H17BrN2O3/c15-12-5-4-10(7-11(12)14(19)20)17-13(18)8-2-1-3-9(16)6-8/h4-5,7-9H,1-3,6,16H2,(H,17,18)(H,19,20). The molecule has 2 atom stereocenters. The minimum atomic E-state index is -1.03. The Morgan fingerprint density at radius 2 is 2.10 bits per heavy atom. The van der Waals surface area contributed by atoms with Crippen molar-refractivity contribution in [3.8, 4) is 0 Å². The van der Waals surface area contributed by atoms with Crippen molar-refractivity contribution in [1.29, 1.82) is 0 Å². The molecule has 1 aliphatic carbocycles. The van der Waals surface area contributed by atoms with Crippen LogP contribution in [-0.2, 0) is 4.79 Å². The zero-order valence-electron chi connectivity index (χ0n) is 10.9. The van der Waals surface area contributed by atoms with E-state index in [1.54, 1.807) is 12.1 Å². The molecule has 0 aliphatic heterocycles. The highest BCUT2D eigenvalue weighted by Gasteiger charge is 2.25. The summed E-state index contributed by atoms with van der Waals surface area (Å²) >= 11 is 3.17. The number of halogens is 1. The summed E-state index contributed by atoms with van der Waals surface area (Å²) in [6.45, 7) is 0. The third kappa shape index (κ3) is 3.58. The molecule has 1 fully saturated rings. The van der Waals surface area contributed by atoms with E-state index in [-0.39, 0.29) is 23.4 Å². The monoisotopic (exact) mass is 340 g/mol. The summed E-state index contributed by atoms with van der Waals surface area (Å²) in [5.41, 5.74) is 6.50. The summed E-state index contributed by atoms with van der Waals surface area (Å²) < 4.78 is 0.489. The number of hydrogen-bond acceptors (Lipinski definition) is 3. The lowest BCUT2D eigenvalue weighted by molar-refractivity contribution is -0.120. The Hall–Kier alpha value is -1.40. The highest BCUT2D eigenvalue weighted by Crippen LogP contribution is 2.26. The Kier molecular flexibility index (Phi) is 4.77. The van der Waals surface area contributed by atoms with Crippen molar-refractivity contribution in [3.63, 3.8) is 0 Å². The van der Waals surface area contributed by atoms with Gasteiger partial charge in [-0.3, -0.25) is 4.79 Å². The van der Waals surface area contributed by atoms with Crippen molar-refractivity contribution in [2.75, 3.05) is 5.32 Å². The Bertz CT molecular complexity index is 533. The third-order valence-corrected chi connectivity index (χ3v) is 4.24. The van der Waals surface area contributed by atoms with Crippen molar-refractivity contribution < 1.29 is 14.7 Å². The van der Waals surface area contributed by atoms with E-state index in [1.807, 2.05) is 0 Å². The van der Waals surface area contributed by atoms with Crippen LogP contribution in [0, 0.1) is 5.92 Å². The minimum Gasteiger partial charge on any atom is -0.478 e. The van der Waals surface area contributed by atoms with Gasteiger partial charge >= 0.3 is 5.97 Å². The molecule has 0 spiro atoms. The largest absolute Gasteiger partial charge is 0.478 e. The second-order valence-electron chi connectivity index (χ2n) is 5.11. The van der Waals surface area contributed by atoms with Crippen LogP contribution in [0.4, 0.5) is 5.69 Å². The molecule has 0 radical (unpaired) electrons. The summed E-state index contributed by atoms with van der Waals surface area (Å²) in [6.07, 6.45) is 3.45. The van der Waals surface area contributed by atoms with E-state index in [9.17, 15) is 9.59 Å². The number of carbonyl (C=O) groups excluding carboxylic acids is 1. The fourth-order valence-corrected chi connectivity index (χ4v) is 2.89. The van der Waals surface area contributed by atoms with Crippen LogP contribution in [0.25, 0.3) is 0 Å². The van der Waals surface area contributed by atoms with Crippen molar-refractivity contribution in [3.05, 3.63) is 28.2 Å². The van der Waals surface area contributed by atoms with Crippen LogP contribution in [-0.4, -0.2) is 23.0 Å². The number of rotatable bonds is 3. The molecule has 5 nitrogen and oxygen atoms in total. The molecule has 0 aromatic heterocycles. The number of amides is 1. The summed E-state index contributed by atoms with van der Waals surface area (Å²) in [7, 11) is 0. The second-order valence-corrected chi connectivity index (χ2v) is 5.97. The van der Waals surface area contributed by atoms with Gasteiger partial charge in [-0.15, -0.1) is 0 Å². The number of nitrogens with one attached hydrogen (secondary N) is 1. The molecule has 1 aromatic carbocycles. The smallest absolute Gasteiger partial charge is 0.336 e. The zero-order valence-corrected chi connectivity index (χ0v) is 12.5. The molecule has 0 saturated heterocycles. The van der Waals surface area contributed by atoms with Crippen LogP contribution in [0.5, 0.6) is 0 Å². The average molecular weight is 341 g/mol. The lowest BCUT2D eigenvalue weighted by Crippen LogP contribution is -2.34. The zero-order chi connectivity index (χ0) is 14.7. The molecule has 2 unspecified atom stereocenters. The number of anilines is 1. The van der Waals surface area contributed by atoms with Gasteiger partial charge in [-0.1, -0.05) is 6.42 Å². The van der Waals surface area contributed by atoms with E-state index >= 15 is 0 Å². The van der Waals surface area contributed by atoms with E-state index in [0.29, 0.717) is 16.6 Å². The minimum absolute atomic E-state index is 0.0824. The van der Waals surface area contributed by atoms with Gasteiger partial charge in [0.1, 0.15) is 0 Å². The lowest BCUT2D eigenvalue weighted by atomic mass is 9.85. The summed E-state index contributed by atoms with van der Waals surface area (Å²) in [6, 6.07) is 4.83. The van der Waals surface area contributed by atoms with Gasteiger partial charge in [0.15, 0.2) is 0 Å². The van der Waals surface area contributed by atoms with E-state index in [0.717, 1.165) is 19.3 Å². The van der Waals surface area contributed by atoms with E-state index < -0.39 is 5.97 Å². The maximum absolute atomic E-state index is 12.2. The molecule has 6 heteroatoms. The van der Waals surface area contributed by atoms with Gasteiger partial charge in [-0.2, -0.15) is 0 Å². The molecule has 1 aliphatic rings. The summed E-state index contributed by atoms with van der Waals surface area (Å²) in [5.74, 6) is -1.21. The number of nitrogens with two attached hydrogens (primary N) is 1. The molecular weight excluding hydrogens is 324 g/mol. The van der Waals surface area contributed by atoms with Gasteiger partial charge in [0.2, 0.25) is 5.91 Å². The maximum atomic E-state index is 12.2. The first kappa shape index (κ1) is 15.0. The van der Waals surface area contributed by atoms with Gasteiger partial charge in [-0.05, 0) is 53.4 Å². The van der Waals surface area contributed by atoms with Gasteiger partial charge < -0.3 is 16.2 Å². The maximum Gasteiger partial charge on any atom is 0.336 e. The molecule has 0 heterocycles. The lowest BCUT2D eigenvalue weighted by Gasteiger charge is -2.25. The number of hydrogen-bond donors (Lipinski definition) is 3. The topological polar surface area (TPSA) is 92.4 Å². The van der Waals surface area contributed by atoms with Crippen LogP contribution >= 0.6 is 15.9 Å². The molecule has 4 N–H and O–H groups in total.